The van der Waals surface area contributed by atoms with Gasteiger partial charge in [-0.25, -0.2) is 0 Å². The lowest BCUT2D eigenvalue weighted by atomic mass is 9.79. The third kappa shape index (κ3) is 2.97. The first-order chi connectivity index (χ1) is 9.88. The van der Waals surface area contributed by atoms with Crippen molar-refractivity contribution in [1.82, 2.24) is 0 Å². The van der Waals surface area contributed by atoms with Crippen LogP contribution in [0.15, 0.2) is 18.2 Å². The number of rotatable bonds is 3. The van der Waals surface area contributed by atoms with Crippen molar-refractivity contribution in [3.8, 4) is 0 Å². The van der Waals surface area contributed by atoms with Crippen molar-refractivity contribution in [2.45, 2.75) is 76.0 Å². The predicted octanol–water partition coefficient (Wildman–Crippen LogP) is 5.59. The minimum absolute atomic E-state index is 0.629. The molecule has 1 heteroatoms. The van der Waals surface area contributed by atoms with Crippen molar-refractivity contribution in [2.24, 2.45) is 0 Å². The van der Waals surface area contributed by atoms with E-state index in [2.05, 4.69) is 18.2 Å². The molecule has 0 bridgehead atoms. The van der Waals surface area contributed by atoms with E-state index in [0.29, 0.717) is 11.8 Å². The molecule has 0 aliphatic heterocycles. The summed E-state index contributed by atoms with van der Waals surface area (Å²) in [5, 5.41) is 0. The van der Waals surface area contributed by atoms with E-state index in [0.717, 1.165) is 11.8 Å². The highest BCUT2D eigenvalue weighted by atomic mass is 16.1. The number of benzene rings is 1. The molecule has 0 unspecified atom stereocenters. The fourth-order valence-corrected chi connectivity index (χ4v) is 4.17. The second-order valence-electron chi connectivity index (χ2n) is 6.68. The lowest BCUT2D eigenvalue weighted by Crippen LogP contribution is -2.09. The van der Waals surface area contributed by atoms with Gasteiger partial charge in [-0.1, -0.05) is 50.7 Å². The third-order valence-corrected chi connectivity index (χ3v) is 5.36. The number of carbonyl (C=O) groups is 1. The molecule has 3 rings (SSSR count). The summed E-state index contributed by atoms with van der Waals surface area (Å²) in [6, 6.07) is 6.78. The molecule has 0 N–H and O–H groups in total. The first-order valence-corrected chi connectivity index (χ1v) is 8.47. The van der Waals surface area contributed by atoms with Crippen LogP contribution in [0.25, 0.3) is 0 Å². The van der Waals surface area contributed by atoms with E-state index in [1.54, 1.807) is 0 Å². The SMILES string of the molecule is O=Cc1cc(C2CCCCC2)ccc1C1CCCCC1. The maximum absolute atomic E-state index is 11.5. The summed E-state index contributed by atoms with van der Waals surface area (Å²) in [7, 11) is 0. The summed E-state index contributed by atoms with van der Waals surface area (Å²) < 4.78 is 0. The molecule has 1 nitrogen and oxygen atoms in total. The van der Waals surface area contributed by atoms with Gasteiger partial charge < -0.3 is 0 Å². The minimum atomic E-state index is 0.629. The van der Waals surface area contributed by atoms with Crippen molar-refractivity contribution < 1.29 is 4.79 Å². The van der Waals surface area contributed by atoms with Crippen LogP contribution in [0.2, 0.25) is 0 Å². The van der Waals surface area contributed by atoms with Crippen molar-refractivity contribution in [3.05, 3.63) is 34.9 Å². The molecule has 0 heterocycles. The van der Waals surface area contributed by atoms with Gasteiger partial charge >= 0.3 is 0 Å². The van der Waals surface area contributed by atoms with E-state index in [1.165, 1.54) is 75.3 Å². The number of hydrogen-bond donors (Lipinski definition) is 0. The van der Waals surface area contributed by atoms with Crippen LogP contribution in [0.4, 0.5) is 0 Å². The summed E-state index contributed by atoms with van der Waals surface area (Å²) in [5.74, 6) is 1.33. The van der Waals surface area contributed by atoms with Gasteiger partial charge in [-0.3, -0.25) is 4.79 Å². The van der Waals surface area contributed by atoms with Gasteiger partial charge in [-0.2, -0.15) is 0 Å². The predicted molar refractivity (Wildman–Crippen MR) is 83.5 cm³/mol. The second-order valence-corrected chi connectivity index (χ2v) is 6.68. The first kappa shape index (κ1) is 13.9. The average molecular weight is 270 g/mol. The standard InChI is InChI=1S/C19H26O/c20-14-18-13-17(15-7-3-1-4-8-15)11-12-19(18)16-9-5-2-6-10-16/h11-16H,1-10H2. The Morgan fingerprint density at radius 1 is 0.800 bits per heavy atom. The van der Waals surface area contributed by atoms with Crippen molar-refractivity contribution in [1.29, 1.82) is 0 Å². The molecule has 0 radical (unpaired) electrons. The van der Waals surface area contributed by atoms with Crippen LogP contribution in [0.5, 0.6) is 0 Å². The second kappa shape index (κ2) is 6.56. The summed E-state index contributed by atoms with van der Waals surface area (Å²) in [6.07, 6.45) is 14.4. The van der Waals surface area contributed by atoms with E-state index >= 15 is 0 Å². The van der Waals surface area contributed by atoms with Crippen LogP contribution in [0.3, 0.4) is 0 Å². The maximum atomic E-state index is 11.5. The zero-order valence-corrected chi connectivity index (χ0v) is 12.4. The smallest absolute Gasteiger partial charge is 0.150 e. The average Bonchev–Trinajstić information content (AvgIpc) is 2.56. The Morgan fingerprint density at radius 3 is 2.00 bits per heavy atom. The topological polar surface area (TPSA) is 17.1 Å². The van der Waals surface area contributed by atoms with Crippen molar-refractivity contribution in [3.63, 3.8) is 0 Å². The lowest BCUT2D eigenvalue weighted by molar-refractivity contribution is 0.112. The van der Waals surface area contributed by atoms with E-state index in [-0.39, 0.29) is 0 Å². The first-order valence-electron chi connectivity index (χ1n) is 8.47. The Bertz CT molecular complexity index is 451. The van der Waals surface area contributed by atoms with Gasteiger partial charge in [0.05, 0.1) is 0 Å². The molecular weight excluding hydrogens is 244 g/mol. The zero-order chi connectivity index (χ0) is 13.8. The van der Waals surface area contributed by atoms with Gasteiger partial charge in [0.25, 0.3) is 0 Å². The molecule has 20 heavy (non-hydrogen) atoms. The van der Waals surface area contributed by atoms with Gasteiger partial charge in [0, 0.05) is 5.56 Å². The molecule has 0 saturated heterocycles. The van der Waals surface area contributed by atoms with Crippen LogP contribution in [-0.4, -0.2) is 6.29 Å². The highest BCUT2D eigenvalue weighted by Gasteiger charge is 2.21. The Morgan fingerprint density at radius 2 is 1.40 bits per heavy atom. The number of hydrogen-bond acceptors (Lipinski definition) is 1. The van der Waals surface area contributed by atoms with Gasteiger partial charge in [0.15, 0.2) is 0 Å². The number of carbonyl (C=O) groups excluding carboxylic acids is 1. The molecule has 1 aromatic rings. The normalized spacial score (nSPS) is 21.8. The van der Waals surface area contributed by atoms with E-state index in [1.807, 2.05) is 0 Å². The monoisotopic (exact) mass is 270 g/mol. The Labute approximate surface area is 122 Å². The highest BCUT2D eigenvalue weighted by Crippen LogP contribution is 2.37. The van der Waals surface area contributed by atoms with Gasteiger partial charge in [-0.15, -0.1) is 0 Å². The lowest BCUT2D eigenvalue weighted by Gasteiger charge is -2.26. The van der Waals surface area contributed by atoms with E-state index < -0.39 is 0 Å². The third-order valence-electron chi connectivity index (χ3n) is 5.36. The molecule has 0 amide bonds. The van der Waals surface area contributed by atoms with Crippen molar-refractivity contribution >= 4 is 6.29 Å². The fraction of sp³-hybridized carbons (Fsp3) is 0.632. The largest absolute Gasteiger partial charge is 0.298 e. The zero-order valence-electron chi connectivity index (χ0n) is 12.4. The van der Waals surface area contributed by atoms with Crippen LogP contribution in [-0.2, 0) is 0 Å². The number of aldehydes is 1. The molecule has 1 aromatic carbocycles. The van der Waals surface area contributed by atoms with Gasteiger partial charge in [0.1, 0.15) is 6.29 Å². The Balaban J connectivity index is 1.83. The van der Waals surface area contributed by atoms with E-state index in [9.17, 15) is 4.79 Å². The summed E-state index contributed by atoms with van der Waals surface area (Å²) in [6.45, 7) is 0. The Hall–Kier alpha value is -1.11. The van der Waals surface area contributed by atoms with Crippen LogP contribution in [0, 0.1) is 0 Å². The quantitative estimate of drug-likeness (QED) is 0.654. The van der Waals surface area contributed by atoms with Crippen LogP contribution >= 0.6 is 0 Å². The molecule has 2 saturated carbocycles. The molecule has 2 fully saturated rings. The van der Waals surface area contributed by atoms with Gasteiger partial charge in [-0.05, 0) is 54.7 Å². The highest BCUT2D eigenvalue weighted by molar-refractivity contribution is 5.78. The molecule has 2 aliphatic carbocycles. The molecular formula is C19H26O. The van der Waals surface area contributed by atoms with E-state index in [4.69, 9.17) is 0 Å². The maximum Gasteiger partial charge on any atom is 0.150 e. The molecule has 0 aromatic heterocycles. The Kier molecular flexibility index (Phi) is 4.54. The molecule has 108 valence electrons. The molecule has 2 aliphatic rings. The molecule has 0 atom stereocenters. The fourth-order valence-electron chi connectivity index (χ4n) is 4.17. The molecule has 0 spiro atoms. The van der Waals surface area contributed by atoms with Gasteiger partial charge in [0.2, 0.25) is 0 Å². The minimum Gasteiger partial charge on any atom is -0.298 e. The van der Waals surface area contributed by atoms with Crippen LogP contribution in [0.1, 0.15) is 97.5 Å². The van der Waals surface area contributed by atoms with Crippen LogP contribution < -0.4 is 0 Å². The summed E-state index contributed by atoms with van der Waals surface area (Å²) in [4.78, 5) is 11.5. The van der Waals surface area contributed by atoms with Crippen molar-refractivity contribution in [2.75, 3.05) is 0 Å². The summed E-state index contributed by atoms with van der Waals surface area (Å²) >= 11 is 0. The summed E-state index contributed by atoms with van der Waals surface area (Å²) in [5.41, 5.74) is 3.70.